The Bertz CT molecular complexity index is 528. The highest BCUT2D eigenvalue weighted by Crippen LogP contribution is 2.30. The number of carbonyl (C=O) groups excluding carboxylic acids is 1. The van der Waals surface area contributed by atoms with E-state index in [0.717, 1.165) is 25.2 Å². The van der Waals surface area contributed by atoms with Crippen molar-refractivity contribution in [1.82, 2.24) is 4.90 Å². The molecule has 1 fully saturated rings. The van der Waals surface area contributed by atoms with Gasteiger partial charge in [-0.2, -0.15) is 13.2 Å². The van der Waals surface area contributed by atoms with Crippen molar-refractivity contribution in [2.24, 2.45) is 5.92 Å². The molecule has 7 heteroatoms. The SMILES string of the molecule is CCN(C[C@H]1CCOC1)C(=O)CNc1cccc(C(F)(F)F)c1. The Morgan fingerprint density at radius 1 is 1.43 bits per heavy atom. The summed E-state index contributed by atoms with van der Waals surface area (Å²) in [5, 5.41) is 2.77. The lowest BCUT2D eigenvalue weighted by molar-refractivity contribution is -0.137. The summed E-state index contributed by atoms with van der Waals surface area (Å²) in [5.74, 6) is 0.212. The highest BCUT2D eigenvalue weighted by Gasteiger charge is 2.30. The first-order chi connectivity index (χ1) is 10.9. The van der Waals surface area contributed by atoms with Gasteiger partial charge in [-0.15, -0.1) is 0 Å². The first kappa shape index (κ1) is 17.6. The van der Waals surface area contributed by atoms with E-state index < -0.39 is 11.7 Å². The van der Waals surface area contributed by atoms with Crippen molar-refractivity contribution in [1.29, 1.82) is 0 Å². The van der Waals surface area contributed by atoms with Crippen molar-refractivity contribution in [3.8, 4) is 0 Å². The monoisotopic (exact) mass is 330 g/mol. The summed E-state index contributed by atoms with van der Waals surface area (Å²) < 4.78 is 43.3. The Morgan fingerprint density at radius 3 is 2.83 bits per heavy atom. The second-order valence-corrected chi connectivity index (χ2v) is 5.59. The number of carbonyl (C=O) groups is 1. The topological polar surface area (TPSA) is 41.6 Å². The maximum Gasteiger partial charge on any atom is 0.416 e. The number of ether oxygens (including phenoxy) is 1. The number of nitrogens with one attached hydrogen (secondary N) is 1. The lowest BCUT2D eigenvalue weighted by Gasteiger charge is -2.24. The number of amides is 1. The normalized spacial score (nSPS) is 18.0. The predicted molar refractivity (Wildman–Crippen MR) is 81.1 cm³/mol. The summed E-state index contributed by atoms with van der Waals surface area (Å²) in [5.41, 5.74) is -0.446. The maximum absolute atomic E-state index is 12.7. The fourth-order valence-electron chi connectivity index (χ4n) is 2.54. The minimum atomic E-state index is -4.39. The van der Waals surface area contributed by atoms with Gasteiger partial charge in [0.15, 0.2) is 0 Å². The highest BCUT2D eigenvalue weighted by atomic mass is 19.4. The number of alkyl halides is 3. The molecule has 1 atom stereocenters. The molecular weight excluding hydrogens is 309 g/mol. The number of hydrogen-bond acceptors (Lipinski definition) is 3. The third-order valence-electron chi connectivity index (χ3n) is 3.87. The molecule has 1 aromatic rings. The molecule has 1 heterocycles. The highest BCUT2D eigenvalue weighted by molar-refractivity contribution is 5.80. The summed E-state index contributed by atoms with van der Waals surface area (Å²) in [6, 6.07) is 4.85. The van der Waals surface area contributed by atoms with Crippen molar-refractivity contribution in [2.45, 2.75) is 19.5 Å². The van der Waals surface area contributed by atoms with Gasteiger partial charge in [0.05, 0.1) is 18.7 Å². The summed E-state index contributed by atoms with van der Waals surface area (Å²) >= 11 is 0. The van der Waals surface area contributed by atoms with Crippen LogP contribution in [0.2, 0.25) is 0 Å². The molecule has 4 nitrogen and oxygen atoms in total. The van der Waals surface area contributed by atoms with Crippen LogP contribution >= 0.6 is 0 Å². The molecule has 23 heavy (non-hydrogen) atoms. The fourth-order valence-corrected chi connectivity index (χ4v) is 2.54. The largest absolute Gasteiger partial charge is 0.416 e. The summed E-state index contributed by atoms with van der Waals surface area (Å²) in [6.07, 6.45) is -3.45. The number of benzene rings is 1. The molecule has 0 spiro atoms. The smallest absolute Gasteiger partial charge is 0.381 e. The molecule has 0 bridgehead atoms. The number of halogens is 3. The summed E-state index contributed by atoms with van der Waals surface area (Å²) in [6.45, 7) is 4.43. The van der Waals surface area contributed by atoms with E-state index in [2.05, 4.69) is 5.32 Å². The minimum Gasteiger partial charge on any atom is -0.381 e. The quantitative estimate of drug-likeness (QED) is 0.872. The Kier molecular flexibility index (Phi) is 5.87. The molecule has 2 rings (SSSR count). The molecule has 128 valence electrons. The minimum absolute atomic E-state index is 0.0251. The van der Waals surface area contributed by atoms with Gasteiger partial charge in [0.25, 0.3) is 0 Å². The third kappa shape index (κ3) is 5.13. The summed E-state index contributed by atoms with van der Waals surface area (Å²) in [4.78, 5) is 13.9. The van der Waals surface area contributed by atoms with Gasteiger partial charge in [-0.25, -0.2) is 0 Å². The standard InChI is InChI=1S/C16H21F3N2O2/c1-2-21(10-12-6-7-23-11-12)15(22)9-20-14-5-3-4-13(8-14)16(17,18)19/h3-5,8,12,20H,2,6-7,9-11H2,1H3/t12-/m1/s1. The molecule has 1 saturated heterocycles. The van der Waals surface area contributed by atoms with Crippen LogP contribution in [0.4, 0.5) is 18.9 Å². The predicted octanol–water partition coefficient (Wildman–Crippen LogP) is 3.00. The maximum atomic E-state index is 12.7. The van der Waals surface area contributed by atoms with Gasteiger partial charge >= 0.3 is 6.18 Å². The number of likely N-dealkylation sites (N-methyl/N-ethyl adjacent to an activating group) is 1. The molecule has 1 amide bonds. The third-order valence-corrected chi connectivity index (χ3v) is 3.87. The molecular formula is C16H21F3N2O2. The van der Waals surface area contributed by atoms with Gasteiger partial charge in [-0.05, 0) is 31.5 Å². The van der Waals surface area contributed by atoms with Gasteiger partial charge in [0, 0.05) is 31.3 Å². The Hall–Kier alpha value is -1.76. The Labute approximate surface area is 133 Å². The number of hydrogen-bond donors (Lipinski definition) is 1. The zero-order valence-corrected chi connectivity index (χ0v) is 13.0. The average Bonchev–Trinajstić information content (AvgIpc) is 3.03. The molecule has 0 aliphatic carbocycles. The van der Waals surface area contributed by atoms with Crippen LogP contribution in [0, 0.1) is 5.92 Å². The van der Waals surface area contributed by atoms with Gasteiger partial charge in [-0.3, -0.25) is 4.79 Å². The molecule has 0 unspecified atom stereocenters. The molecule has 1 aromatic carbocycles. The van der Waals surface area contributed by atoms with Crippen LogP contribution in [0.5, 0.6) is 0 Å². The zero-order chi connectivity index (χ0) is 16.9. The summed E-state index contributed by atoms with van der Waals surface area (Å²) in [7, 11) is 0. The van der Waals surface area contributed by atoms with Crippen LogP contribution in [0.25, 0.3) is 0 Å². The van der Waals surface area contributed by atoms with Crippen molar-refractivity contribution in [2.75, 3.05) is 38.2 Å². The molecule has 0 saturated carbocycles. The van der Waals surface area contributed by atoms with Crippen molar-refractivity contribution in [3.05, 3.63) is 29.8 Å². The number of anilines is 1. The van der Waals surface area contributed by atoms with E-state index in [-0.39, 0.29) is 18.1 Å². The van der Waals surface area contributed by atoms with E-state index in [4.69, 9.17) is 4.74 Å². The van der Waals surface area contributed by atoms with Gasteiger partial charge in [0.1, 0.15) is 0 Å². The van der Waals surface area contributed by atoms with E-state index in [1.54, 1.807) is 4.90 Å². The number of rotatable bonds is 6. The van der Waals surface area contributed by atoms with Crippen molar-refractivity contribution in [3.63, 3.8) is 0 Å². The molecule has 0 aromatic heterocycles. The van der Waals surface area contributed by atoms with Gasteiger partial charge < -0.3 is 15.0 Å². The lowest BCUT2D eigenvalue weighted by atomic mass is 10.1. The number of nitrogens with zero attached hydrogens (tertiary/aromatic N) is 1. The fraction of sp³-hybridized carbons (Fsp3) is 0.562. The first-order valence-electron chi connectivity index (χ1n) is 7.66. The van der Waals surface area contributed by atoms with E-state index in [1.165, 1.54) is 12.1 Å². The second kappa shape index (κ2) is 7.68. The van der Waals surface area contributed by atoms with Crippen LogP contribution in [-0.4, -0.2) is 43.7 Å². The van der Waals surface area contributed by atoms with Crippen molar-refractivity contribution < 1.29 is 22.7 Å². The molecule has 1 aliphatic heterocycles. The van der Waals surface area contributed by atoms with E-state index in [1.807, 2.05) is 6.92 Å². The van der Waals surface area contributed by atoms with Crippen LogP contribution in [0.3, 0.4) is 0 Å². The van der Waals surface area contributed by atoms with E-state index in [9.17, 15) is 18.0 Å². The van der Waals surface area contributed by atoms with E-state index >= 15 is 0 Å². The van der Waals surface area contributed by atoms with Crippen molar-refractivity contribution >= 4 is 11.6 Å². The van der Waals surface area contributed by atoms with Gasteiger partial charge in [-0.1, -0.05) is 6.07 Å². The Morgan fingerprint density at radius 2 is 2.22 bits per heavy atom. The average molecular weight is 330 g/mol. The molecule has 1 aliphatic rings. The molecule has 0 radical (unpaired) electrons. The van der Waals surface area contributed by atoms with Crippen LogP contribution < -0.4 is 5.32 Å². The van der Waals surface area contributed by atoms with E-state index in [0.29, 0.717) is 25.6 Å². The first-order valence-corrected chi connectivity index (χ1v) is 7.66. The zero-order valence-electron chi connectivity index (χ0n) is 13.0. The van der Waals surface area contributed by atoms with Crippen LogP contribution in [0.1, 0.15) is 18.9 Å². The van der Waals surface area contributed by atoms with Crippen LogP contribution in [0.15, 0.2) is 24.3 Å². The van der Waals surface area contributed by atoms with Crippen LogP contribution in [-0.2, 0) is 15.7 Å². The second-order valence-electron chi connectivity index (χ2n) is 5.59. The molecule has 1 N–H and O–H groups in total. The van der Waals surface area contributed by atoms with Gasteiger partial charge in [0.2, 0.25) is 5.91 Å². The Balaban J connectivity index is 1.89. The lowest BCUT2D eigenvalue weighted by Crippen LogP contribution is -2.39.